The summed E-state index contributed by atoms with van der Waals surface area (Å²) in [5.41, 5.74) is 0.804. The molecule has 1 aliphatic rings. The van der Waals surface area contributed by atoms with Gasteiger partial charge in [-0.05, 0) is 48.7 Å². The molecule has 0 bridgehead atoms. The summed E-state index contributed by atoms with van der Waals surface area (Å²) in [7, 11) is 0. The Morgan fingerprint density at radius 2 is 1.88 bits per heavy atom. The van der Waals surface area contributed by atoms with Crippen molar-refractivity contribution in [3.8, 4) is 5.69 Å². The predicted octanol–water partition coefficient (Wildman–Crippen LogP) is 2.94. The summed E-state index contributed by atoms with van der Waals surface area (Å²) >= 11 is 5.99. The van der Waals surface area contributed by atoms with Gasteiger partial charge in [-0.1, -0.05) is 0 Å². The minimum Gasteiger partial charge on any atom is -0.270 e. The first-order chi connectivity index (χ1) is 7.75. The molecule has 1 aromatic heterocycles. The van der Waals surface area contributed by atoms with Crippen molar-refractivity contribution < 1.29 is 4.39 Å². The van der Waals surface area contributed by atoms with E-state index in [1.807, 2.05) is 0 Å². The molecule has 1 saturated carbocycles. The van der Waals surface area contributed by atoms with E-state index in [9.17, 15) is 4.39 Å². The molecule has 2 aromatic rings. The van der Waals surface area contributed by atoms with Crippen molar-refractivity contribution in [1.29, 1.82) is 0 Å². The largest absolute Gasteiger partial charge is 0.270 e. The Kier molecular flexibility index (Phi) is 2.17. The second-order valence-corrected chi connectivity index (χ2v) is 4.25. The molecule has 16 heavy (non-hydrogen) atoms. The van der Waals surface area contributed by atoms with Crippen molar-refractivity contribution in [2.45, 2.75) is 18.8 Å². The van der Waals surface area contributed by atoms with Gasteiger partial charge < -0.3 is 0 Å². The van der Waals surface area contributed by atoms with Gasteiger partial charge in [-0.25, -0.2) is 4.39 Å². The molecule has 5 heteroatoms. The molecule has 1 fully saturated rings. The Hall–Kier alpha value is -1.42. The standard InChI is InChI=1S/C11H9ClFN3/c12-11-15-14-10(7-1-2-7)16(11)9-5-3-8(13)4-6-9/h3-7H,1-2H2. The molecule has 3 rings (SSSR count). The molecule has 1 aromatic carbocycles. The van der Waals surface area contributed by atoms with E-state index < -0.39 is 0 Å². The topological polar surface area (TPSA) is 30.7 Å². The van der Waals surface area contributed by atoms with Gasteiger partial charge in [0.25, 0.3) is 0 Å². The van der Waals surface area contributed by atoms with E-state index >= 15 is 0 Å². The highest BCUT2D eigenvalue weighted by Gasteiger charge is 2.30. The van der Waals surface area contributed by atoms with E-state index in [1.165, 1.54) is 12.1 Å². The third-order valence-electron chi connectivity index (χ3n) is 2.68. The van der Waals surface area contributed by atoms with E-state index in [0.29, 0.717) is 11.2 Å². The molecule has 0 atom stereocenters. The monoisotopic (exact) mass is 237 g/mol. The van der Waals surface area contributed by atoms with Crippen LogP contribution in [-0.2, 0) is 0 Å². The van der Waals surface area contributed by atoms with Crippen molar-refractivity contribution in [3.63, 3.8) is 0 Å². The molecule has 0 aliphatic heterocycles. The minimum atomic E-state index is -0.263. The fourth-order valence-corrected chi connectivity index (χ4v) is 1.93. The van der Waals surface area contributed by atoms with Crippen LogP contribution in [0.4, 0.5) is 4.39 Å². The van der Waals surface area contributed by atoms with Gasteiger partial charge in [0.1, 0.15) is 11.6 Å². The minimum absolute atomic E-state index is 0.263. The molecule has 1 aliphatic carbocycles. The van der Waals surface area contributed by atoms with Crippen molar-refractivity contribution in [1.82, 2.24) is 14.8 Å². The first-order valence-corrected chi connectivity index (χ1v) is 5.50. The number of hydrogen-bond donors (Lipinski definition) is 0. The Bertz CT molecular complexity index is 517. The van der Waals surface area contributed by atoms with E-state index in [0.717, 1.165) is 24.4 Å². The van der Waals surface area contributed by atoms with Crippen LogP contribution in [0.2, 0.25) is 5.28 Å². The van der Waals surface area contributed by atoms with E-state index in [2.05, 4.69) is 10.2 Å². The van der Waals surface area contributed by atoms with Gasteiger partial charge in [0.05, 0.1) is 0 Å². The first kappa shape index (κ1) is 9.78. The molecule has 0 saturated heterocycles. The second-order valence-electron chi connectivity index (χ2n) is 3.91. The molecule has 0 spiro atoms. The lowest BCUT2D eigenvalue weighted by molar-refractivity contribution is 0.627. The maximum Gasteiger partial charge on any atom is 0.229 e. The smallest absolute Gasteiger partial charge is 0.229 e. The molecule has 3 nitrogen and oxygen atoms in total. The molecular weight excluding hydrogens is 229 g/mol. The van der Waals surface area contributed by atoms with E-state index in [-0.39, 0.29) is 5.82 Å². The quantitative estimate of drug-likeness (QED) is 0.804. The number of hydrogen-bond acceptors (Lipinski definition) is 2. The van der Waals surface area contributed by atoms with Crippen molar-refractivity contribution >= 4 is 11.6 Å². The van der Waals surface area contributed by atoms with Crippen molar-refractivity contribution in [3.05, 3.63) is 41.2 Å². The average molecular weight is 238 g/mol. The van der Waals surface area contributed by atoms with Crippen LogP contribution in [0.15, 0.2) is 24.3 Å². The van der Waals surface area contributed by atoms with E-state index in [1.54, 1.807) is 16.7 Å². The van der Waals surface area contributed by atoms with Crippen LogP contribution in [-0.4, -0.2) is 14.8 Å². The lowest BCUT2D eigenvalue weighted by atomic mass is 10.3. The average Bonchev–Trinajstić information content (AvgIpc) is 3.05. The summed E-state index contributed by atoms with van der Waals surface area (Å²) in [4.78, 5) is 0. The summed E-state index contributed by atoms with van der Waals surface area (Å²) in [5, 5.41) is 8.25. The third-order valence-corrected chi connectivity index (χ3v) is 2.92. The number of aromatic nitrogens is 3. The highest BCUT2D eigenvalue weighted by Crippen LogP contribution is 2.40. The maximum atomic E-state index is 12.8. The van der Waals surface area contributed by atoms with Gasteiger partial charge in [-0.2, -0.15) is 0 Å². The van der Waals surface area contributed by atoms with Crippen LogP contribution < -0.4 is 0 Å². The summed E-state index contributed by atoms with van der Waals surface area (Å²) < 4.78 is 14.6. The number of halogens is 2. The molecule has 82 valence electrons. The third kappa shape index (κ3) is 1.59. The lowest BCUT2D eigenvalue weighted by Crippen LogP contribution is -2.00. The Labute approximate surface area is 96.9 Å². The molecular formula is C11H9ClFN3. The van der Waals surface area contributed by atoms with Crippen LogP contribution in [0.25, 0.3) is 5.69 Å². The molecule has 0 N–H and O–H groups in total. The summed E-state index contributed by atoms with van der Waals surface area (Å²) in [6.07, 6.45) is 2.24. The van der Waals surface area contributed by atoms with Crippen molar-refractivity contribution in [2.24, 2.45) is 0 Å². The highest BCUT2D eigenvalue weighted by molar-refractivity contribution is 6.28. The molecule has 0 amide bonds. The van der Waals surface area contributed by atoms with Gasteiger partial charge >= 0.3 is 0 Å². The molecule has 0 unspecified atom stereocenters. The maximum absolute atomic E-state index is 12.8. The van der Waals surface area contributed by atoms with Crippen LogP contribution in [0.1, 0.15) is 24.6 Å². The SMILES string of the molecule is Fc1ccc(-n2c(Cl)nnc2C2CC2)cc1. The fraction of sp³-hybridized carbons (Fsp3) is 0.273. The molecule has 0 radical (unpaired) electrons. The van der Waals surface area contributed by atoms with Gasteiger partial charge in [-0.3, -0.25) is 4.57 Å². The van der Waals surface area contributed by atoms with Gasteiger partial charge in [0.2, 0.25) is 5.28 Å². The fourth-order valence-electron chi connectivity index (χ4n) is 1.71. The predicted molar refractivity (Wildman–Crippen MR) is 58.3 cm³/mol. The zero-order valence-electron chi connectivity index (χ0n) is 8.40. The Balaban J connectivity index is 2.10. The summed E-state index contributed by atoms with van der Waals surface area (Å²) in [6, 6.07) is 6.16. The van der Waals surface area contributed by atoms with Crippen LogP contribution in [0.3, 0.4) is 0 Å². The number of benzene rings is 1. The number of rotatable bonds is 2. The lowest BCUT2D eigenvalue weighted by Gasteiger charge is -2.06. The summed E-state index contributed by atoms with van der Waals surface area (Å²) in [6.45, 7) is 0. The zero-order chi connectivity index (χ0) is 11.1. The Morgan fingerprint density at radius 3 is 2.50 bits per heavy atom. The van der Waals surface area contributed by atoms with Gasteiger partial charge in [0, 0.05) is 11.6 Å². The Morgan fingerprint density at radius 1 is 1.19 bits per heavy atom. The van der Waals surface area contributed by atoms with E-state index in [4.69, 9.17) is 11.6 Å². The first-order valence-electron chi connectivity index (χ1n) is 5.12. The van der Waals surface area contributed by atoms with Gasteiger partial charge in [-0.15, -0.1) is 10.2 Å². The zero-order valence-corrected chi connectivity index (χ0v) is 9.15. The molecule has 1 heterocycles. The van der Waals surface area contributed by atoms with Crippen LogP contribution in [0, 0.1) is 5.82 Å². The van der Waals surface area contributed by atoms with Crippen LogP contribution in [0.5, 0.6) is 0 Å². The highest BCUT2D eigenvalue weighted by atomic mass is 35.5. The second kappa shape index (κ2) is 3.56. The normalized spacial score (nSPS) is 15.4. The summed E-state index contributed by atoms with van der Waals surface area (Å²) in [5.74, 6) is 1.06. The van der Waals surface area contributed by atoms with Crippen molar-refractivity contribution in [2.75, 3.05) is 0 Å². The van der Waals surface area contributed by atoms with Gasteiger partial charge in [0.15, 0.2) is 0 Å². The number of nitrogens with zero attached hydrogens (tertiary/aromatic N) is 3. The van der Waals surface area contributed by atoms with Crippen LogP contribution >= 0.6 is 11.6 Å².